The summed E-state index contributed by atoms with van der Waals surface area (Å²) in [5, 5.41) is 0. The van der Waals surface area contributed by atoms with Gasteiger partial charge in [-0.1, -0.05) is 19.1 Å². The number of ether oxygens (including phenoxy) is 1. The van der Waals surface area contributed by atoms with Crippen molar-refractivity contribution >= 4 is 11.6 Å². The Morgan fingerprint density at radius 2 is 1.78 bits per heavy atom. The number of benzene rings is 1. The molecule has 1 aliphatic heterocycles. The Morgan fingerprint density at radius 3 is 2.28 bits per heavy atom. The van der Waals surface area contributed by atoms with Gasteiger partial charge in [0.15, 0.2) is 0 Å². The topological polar surface area (TPSA) is 29.5 Å². The van der Waals surface area contributed by atoms with E-state index in [2.05, 4.69) is 19.1 Å². The number of hydrogen-bond donors (Lipinski definition) is 0. The zero-order valence-electron chi connectivity index (χ0n) is 11.4. The van der Waals surface area contributed by atoms with Crippen LogP contribution in [0.25, 0.3) is 0 Å². The van der Waals surface area contributed by atoms with Crippen molar-refractivity contribution in [2.24, 2.45) is 0 Å². The summed E-state index contributed by atoms with van der Waals surface area (Å²) in [6.45, 7) is 5.55. The number of hydrogen-bond acceptors (Lipinski definition) is 2. The van der Waals surface area contributed by atoms with Crippen LogP contribution in [0.15, 0.2) is 24.3 Å². The molecule has 0 saturated carbocycles. The maximum atomic E-state index is 11.3. The molecule has 0 bridgehead atoms. The van der Waals surface area contributed by atoms with Gasteiger partial charge < -0.3 is 9.64 Å². The van der Waals surface area contributed by atoms with Crippen LogP contribution in [-0.4, -0.2) is 26.2 Å². The number of amides is 1. The van der Waals surface area contributed by atoms with Crippen molar-refractivity contribution in [3.8, 4) is 0 Å². The van der Waals surface area contributed by atoms with E-state index in [-0.39, 0.29) is 11.3 Å². The summed E-state index contributed by atoms with van der Waals surface area (Å²) in [4.78, 5) is 13.0. The van der Waals surface area contributed by atoms with Crippen molar-refractivity contribution in [3.63, 3.8) is 0 Å². The van der Waals surface area contributed by atoms with Crippen LogP contribution >= 0.6 is 0 Å². The fourth-order valence-corrected chi connectivity index (χ4v) is 2.38. The van der Waals surface area contributed by atoms with E-state index in [0.717, 1.165) is 31.7 Å². The molecule has 0 radical (unpaired) electrons. The molecule has 1 fully saturated rings. The first-order valence-corrected chi connectivity index (χ1v) is 6.45. The first-order valence-electron chi connectivity index (χ1n) is 6.45. The molecule has 3 nitrogen and oxygen atoms in total. The molecule has 0 N–H and O–H groups in total. The SMILES string of the molecule is CC(=O)N(C)c1ccc(C2(C)CCOCC2)cc1. The minimum Gasteiger partial charge on any atom is -0.381 e. The third-order valence-electron chi connectivity index (χ3n) is 4.02. The third-order valence-corrected chi connectivity index (χ3v) is 4.02. The molecule has 18 heavy (non-hydrogen) atoms. The van der Waals surface area contributed by atoms with Gasteiger partial charge in [0.25, 0.3) is 0 Å². The molecule has 1 heterocycles. The molecule has 1 amide bonds. The summed E-state index contributed by atoms with van der Waals surface area (Å²) in [6.07, 6.45) is 2.13. The average molecular weight is 247 g/mol. The summed E-state index contributed by atoms with van der Waals surface area (Å²) in [5.41, 5.74) is 2.50. The fraction of sp³-hybridized carbons (Fsp3) is 0.533. The second kappa shape index (κ2) is 5.11. The Hall–Kier alpha value is -1.35. The van der Waals surface area contributed by atoms with Gasteiger partial charge in [0, 0.05) is 32.9 Å². The van der Waals surface area contributed by atoms with E-state index >= 15 is 0 Å². The quantitative estimate of drug-likeness (QED) is 0.804. The maximum Gasteiger partial charge on any atom is 0.223 e. The van der Waals surface area contributed by atoms with E-state index in [1.54, 1.807) is 18.9 Å². The number of anilines is 1. The van der Waals surface area contributed by atoms with Crippen LogP contribution in [0.2, 0.25) is 0 Å². The molecule has 0 aromatic heterocycles. The van der Waals surface area contributed by atoms with Crippen LogP contribution < -0.4 is 4.90 Å². The fourth-order valence-electron chi connectivity index (χ4n) is 2.38. The van der Waals surface area contributed by atoms with Gasteiger partial charge in [-0.25, -0.2) is 0 Å². The normalized spacial score (nSPS) is 18.4. The molecular weight excluding hydrogens is 226 g/mol. The van der Waals surface area contributed by atoms with E-state index < -0.39 is 0 Å². The van der Waals surface area contributed by atoms with Crippen molar-refractivity contribution in [1.82, 2.24) is 0 Å². The van der Waals surface area contributed by atoms with Gasteiger partial charge in [-0.3, -0.25) is 4.79 Å². The maximum absolute atomic E-state index is 11.3. The lowest BCUT2D eigenvalue weighted by Gasteiger charge is -2.34. The lowest BCUT2D eigenvalue weighted by molar-refractivity contribution is -0.116. The van der Waals surface area contributed by atoms with Crippen molar-refractivity contribution in [2.45, 2.75) is 32.1 Å². The molecule has 1 aromatic rings. The van der Waals surface area contributed by atoms with Crippen LogP contribution in [0.4, 0.5) is 5.69 Å². The van der Waals surface area contributed by atoms with Gasteiger partial charge in [0.1, 0.15) is 0 Å². The number of carbonyl (C=O) groups excluding carboxylic acids is 1. The summed E-state index contributed by atoms with van der Waals surface area (Å²) in [6, 6.07) is 8.33. The Bertz CT molecular complexity index is 419. The van der Waals surface area contributed by atoms with E-state index in [9.17, 15) is 4.79 Å². The molecule has 0 spiro atoms. The molecular formula is C15H21NO2. The number of carbonyl (C=O) groups is 1. The molecule has 0 aliphatic carbocycles. The van der Waals surface area contributed by atoms with Crippen LogP contribution in [0.3, 0.4) is 0 Å². The second-order valence-electron chi connectivity index (χ2n) is 5.30. The summed E-state index contributed by atoms with van der Waals surface area (Å²) in [7, 11) is 1.80. The molecule has 1 aromatic carbocycles. The highest BCUT2D eigenvalue weighted by Gasteiger charge is 2.29. The van der Waals surface area contributed by atoms with Crippen LogP contribution in [0, 0.1) is 0 Å². The average Bonchev–Trinajstić information content (AvgIpc) is 2.39. The van der Waals surface area contributed by atoms with E-state index in [0.29, 0.717) is 0 Å². The van der Waals surface area contributed by atoms with Gasteiger partial charge in [-0.15, -0.1) is 0 Å². The van der Waals surface area contributed by atoms with Gasteiger partial charge in [0.05, 0.1) is 0 Å². The Kier molecular flexibility index (Phi) is 3.71. The lowest BCUT2D eigenvalue weighted by atomic mass is 9.76. The van der Waals surface area contributed by atoms with E-state index in [4.69, 9.17) is 4.74 Å². The first-order chi connectivity index (χ1) is 8.53. The second-order valence-corrected chi connectivity index (χ2v) is 5.30. The van der Waals surface area contributed by atoms with Crippen molar-refractivity contribution in [1.29, 1.82) is 0 Å². The Labute approximate surface area is 109 Å². The van der Waals surface area contributed by atoms with Crippen molar-refractivity contribution in [3.05, 3.63) is 29.8 Å². The number of rotatable bonds is 2. The van der Waals surface area contributed by atoms with Crippen LogP contribution in [-0.2, 0) is 14.9 Å². The Balaban J connectivity index is 2.19. The summed E-state index contributed by atoms with van der Waals surface area (Å²) >= 11 is 0. The standard InChI is InChI=1S/C15H21NO2/c1-12(17)16(3)14-6-4-13(5-7-14)15(2)8-10-18-11-9-15/h4-7H,8-11H2,1-3H3. The predicted molar refractivity (Wildman–Crippen MR) is 72.9 cm³/mol. The molecule has 1 aliphatic rings. The van der Waals surface area contributed by atoms with Crippen LogP contribution in [0.5, 0.6) is 0 Å². The predicted octanol–water partition coefficient (Wildman–Crippen LogP) is 2.74. The molecule has 1 saturated heterocycles. The number of nitrogens with zero attached hydrogens (tertiary/aromatic N) is 1. The van der Waals surface area contributed by atoms with Gasteiger partial charge in [-0.05, 0) is 36.0 Å². The highest BCUT2D eigenvalue weighted by Crippen LogP contribution is 2.34. The largest absolute Gasteiger partial charge is 0.381 e. The third kappa shape index (κ3) is 2.56. The minimum absolute atomic E-state index is 0.0556. The van der Waals surface area contributed by atoms with Gasteiger partial charge in [-0.2, -0.15) is 0 Å². The summed E-state index contributed by atoms with van der Waals surface area (Å²) < 4.78 is 5.43. The van der Waals surface area contributed by atoms with Crippen molar-refractivity contribution in [2.75, 3.05) is 25.2 Å². The van der Waals surface area contributed by atoms with E-state index in [1.807, 2.05) is 12.1 Å². The first kappa shape index (κ1) is 13.1. The van der Waals surface area contributed by atoms with Gasteiger partial charge in [0.2, 0.25) is 5.91 Å². The minimum atomic E-state index is 0.0556. The molecule has 0 unspecified atom stereocenters. The smallest absolute Gasteiger partial charge is 0.223 e. The zero-order valence-corrected chi connectivity index (χ0v) is 11.4. The Morgan fingerprint density at radius 1 is 1.22 bits per heavy atom. The lowest BCUT2D eigenvalue weighted by Crippen LogP contribution is -2.30. The molecule has 3 heteroatoms. The molecule has 2 rings (SSSR count). The van der Waals surface area contributed by atoms with Crippen molar-refractivity contribution < 1.29 is 9.53 Å². The highest BCUT2D eigenvalue weighted by molar-refractivity contribution is 5.90. The summed E-state index contributed by atoms with van der Waals surface area (Å²) in [5.74, 6) is 0.0556. The highest BCUT2D eigenvalue weighted by atomic mass is 16.5. The van der Waals surface area contributed by atoms with Crippen LogP contribution in [0.1, 0.15) is 32.3 Å². The zero-order chi connectivity index (χ0) is 13.2. The monoisotopic (exact) mass is 247 g/mol. The van der Waals surface area contributed by atoms with E-state index in [1.165, 1.54) is 5.56 Å². The molecule has 0 atom stereocenters. The van der Waals surface area contributed by atoms with Gasteiger partial charge >= 0.3 is 0 Å². The molecule has 98 valence electrons.